The van der Waals surface area contributed by atoms with E-state index >= 15 is 0 Å². The quantitative estimate of drug-likeness (QED) is 0.676. The third-order valence-corrected chi connectivity index (χ3v) is 3.61. The number of carbonyl (C=O) groups excluding carboxylic acids is 1. The summed E-state index contributed by atoms with van der Waals surface area (Å²) < 4.78 is 0. The van der Waals surface area contributed by atoms with Crippen LogP contribution in [0.5, 0.6) is 0 Å². The van der Waals surface area contributed by atoms with Gasteiger partial charge in [0.2, 0.25) is 0 Å². The summed E-state index contributed by atoms with van der Waals surface area (Å²) in [6.07, 6.45) is 0. The van der Waals surface area contributed by atoms with Gasteiger partial charge in [-0.15, -0.1) is 0 Å². The van der Waals surface area contributed by atoms with Crippen molar-refractivity contribution in [1.82, 2.24) is 9.97 Å². The molecule has 3 aromatic rings. The zero-order chi connectivity index (χ0) is 15.0. The van der Waals surface area contributed by atoms with Gasteiger partial charge in [0.15, 0.2) is 0 Å². The van der Waals surface area contributed by atoms with E-state index in [1.807, 2.05) is 0 Å². The summed E-state index contributed by atoms with van der Waals surface area (Å²) >= 11 is 12.0. The second kappa shape index (κ2) is 5.27. The average molecular weight is 322 g/mol. The van der Waals surface area contributed by atoms with Gasteiger partial charge in [-0.05, 0) is 30.3 Å². The Balaban J connectivity index is 1.95. The third-order valence-electron chi connectivity index (χ3n) is 2.98. The van der Waals surface area contributed by atoms with Crippen molar-refractivity contribution in [3.8, 4) is 0 Å². The molecule has 0 bridgehead atoms. The van der Waals surface area contributed by atoms with Crippen LogP contribution in [0.15, 0.2) is 41.2 Å². The normalized spacial score (nSPS) is 10.8. The molecule has 0 saturated carbocycles. The van der Waals surface area contributed by atoms with E-state index < -0.39 is 0 Å². The minimum atomic E-state index is -0.367. The molecular weight excluding hydrogens is 313 g/mol. The zero-order valence-corrected chi connectivity index (χ0v) is 12.0. The molecule has 0 aliphatic carbocycles. The maximum Gasteiger partial charge on any atom is 0.323 e. The minimum absolute atomic E-state index is 0.322. The molecule has 1 amide bonds. The SMILES string of the molecule is O=C(Nc1c(Cl)cccc1Cl)c1ccc2[nH]c(=O)[nH]c2c1. The molecule has 1 aromatic heterocycles. The molecule has 21 heavy (non-hydrogen) atoms. The monoisotopic (exact) mass is 321 g/mol. The van der Waals surface area contributed by atoms with Crippen molar-refractivity contribution in [2.45, 2.75) is 0 Å². The van der Waals surface area contributed by atoms with Crippen LogP contribution in [0, 0.1) is 0 Å². The van der Waals surface area contributed by atoms with Gasteiger partial charge in [-0.25, -0.2) is 4.79 Å². The van der Waals surface area contributed by atoms with Crippen LogP contribution < -0.4 is 11.0 Å². The van der Waals surface area contributed by atoms with Gasteiger partial charge in [0, 0.05) is 5.56 Å². The highest BCUT2D eigenvalue weighted by Crippen LogP contribution is 2.30. The van der Waals surface area contributed by atoms with Crippen molar-refractivity contribution in [2.75, 3.05) is 5.32 Å². The van der Waals surface area contributed by atoms with Gasteiger partial charge in [-0.3, -0.25) is 4.79 Å². The number of nitrogens with one attached hydrogen (secondary N) is 3. The number of hydrogen-bond acceptors (Lipinski definition) is 2. The molecule has 5 nitrogen and oxygen atoms in total. The first-order valence-electron chi connectivity index (χ1n) is 6.02. The fourth-order valence-electron chi connectivity index (χ4n) is 1.98. The number of anilines is 1. The Morgan fingerprint density at radius 3 is 2.38 bits per heavy atom. The molecule has 2 aromatic carbocycles. The Bertz CT molecular complexity index is 878. The van der Waals surface area contributed by atoms with Crippen LogP contribution in [0.25, 0.3) is 11.0 Å². The van der Waals surface area contributed by atoms with Gasteiger partial charge in [0.1, 0.15) is 0 Å². The molecular formula is C14H9Cl2N3O2. The van der Waals surface area contributed by atoms with E-state index in [9.17, 15) is 9.59 Å². The molecule has 0 atom stereocenters. The Kier molecular flexibility index (Phi) is 3.45. The maximum absolute atomic E-state index is 12.2. The summed E-state index contributed by atoms with van der Waals surface area (Å²) in [4.78, 5) is 28.6. The lowest BCUT2D eigenvalue weighted by Crippen LogP contribution is -2.12. The molecule has 0 saturated heterocycles. The lowest BCUT2D eigenvalue weighted by Gasteiger charge is -2.09. The van der Waals surface area contributed by atoms with E-state index in [1.54, 1.807) is 36.4 Å². The summed E-state index contributed by atoms with van der Waals surface area (Å²) in [5.74, 6) is -0.367. The largest absolute Gasteiger partial charge is 0.323 e. The molecule has 3 rings (SSSR count). The summed E-state index contributed by atoms with van der Waals surface area (Å²) in [5.41, 5.74) is 1.60. The molecule has 0 fully saturated rings. The molecule has 0 aliphatic heterocycles. The number of halogens is 2. The molecule has 3 N–H and O–H groups in total. The lowest BCUT2D eigenvalue weighted by molar-refractivity contribution is 0.102. The topological polar surface area (TPSA) is 77.8 Å². The number of fused-ring (bicyclic) bond motifs is 1. The molecule has 0 spiro atoms. The predicted molar refractivity (Wildman–Crippen MR) is 83.3 cm³/mol. The van der Waals surface area contributed by atoms with E-state index in [2.05, 4.69) is 15.3 Å². The van der Waals surface area contributed by atoms with E-state index in [0.717, 1.165) is 0 Å². The second-order valence-electron chi connectivity index (χ2n) is 4.39. The van der Waals surface area contributed by atoms with E-state index in [0.29, 0.717) is 32.3 Å². The van der Waals surface area contributed by atoms with Crippen LogP contribution in [0.3, 0.4) is 0 Å². The Hall–Kier alpha value is -2.24. The number of aromatic amines is 2. The molecule has 7 heteroatoms. The molecule has 1 heterocycles. The summed E-state index contributed by atoms with van der Waals surface area (Å²) in [7, 11) is 0. The van der Waals surface area contributed by atoms with Gasteiger partial charge in [-0.2, -0.15) is 0 Å². The van der Waals surface area contributed by atoms with Gasteiger partial charge in [0.05, 0.1) is 26.8 Å². The number of imidazole rings is 1. The number of amides is 1. The van der Waals surface area contributed by atoms with Crippen molar-refractivity contribution < 1.29 is 4.79 Å². The van der Waals surface area contributed by atoms with Gasteiger partial charge < -0.3 is 15.3 Å². The van der Waals surface area contributed by atoms with E-state index in [-0.39, 0.29) is 11.6 Å². The Labute approximate surface area is 128 Å². The number of para-hydroxylation sites is 1. The van der Waals surface area contributed by atoms with Gasteiger partial charge in [-0.1, -0.05) is 29.3 Å². The molecule has 0 unspecified atom stereocenters. The van der Waals surface area contributed by atoms with Crippen molar-refractivity contribution in [1.29, 1.82) is 0 Å². The number of benzene rings is 2. The summed E-state index contributed by atoms with van der Waals surface area (Å²) in [6, 6.07) is 9.79. The van der Waals surface area contributed by atoms with Crippen LogP contribution >= 0.6 is 23.2 Å². The number of carbonyl (C=O) groups is 1. The highest BCUT2D eigenvalue weighted by Gasteiger charge is 2.12. The second-order valence-corrected chi connectivity index (χ2v) is 5.20. The van der Waals surface area contributed by atoms with Crippen molar-refractivity contribution in [2.24, 2.45) is 0 Å². The standard InChI is InChI=1S/C14H9Cl2N3O2/c15-8-2-1-3-9(16)12(8)19-13(20)7-4-5-10-11(6-7)18-14(21)17-10/h1-6H,(H,19,20)(H2,17,18,21). The van der Waals surface area contributed by atoms with Crippen LogP contribution in [0.2, 0.25) is 10.0 Å². The molecule has 0 radical (unpaired) electrons. The number of H-pyrrole nitrogens is 2. The third kappa shape index (κ3) is 2.66. The van der Waals surface area contributed by atoms with Crippen molar-refractivity contribution in [3.63, 3.8) is 0 Å². The minimum Gasteiger partial charge on any atom is -0.319 e. The first kappa shape index (κ1) is 13.7. The first-order chi connectivity index (χ1) is 10.0. The van der Waals surface area contributed by atoms with Gasteiger partial charge >= 0.3 is 5.69 Å². The Morgan fingerprint density at radius 2 is 1.67 bits per heavy atom. The van der Waals surface area contributed by atoms with Crippen LogP contribution in [0.1, 0.15) is 10.4 Å². The highest BCUT2D eigenvalue weighted by molar-refractivity contribution is 6.40. The Morgan fingerprint density at radius 1 is 1.00 bits per heavy atom. The molecule has 106 valence electrons. The smallest absolute Gasteiger partial charge is 0.319 e. The number of rotatable bonds is 2. The van der Waals surface area contributed by atoms with Crippen LogP contribution in [-0.4, -0.2) is 15.9 Å². The van der Waals surface area contributed by atoms with Gasteiger partial charge in [0.25, 0.3) is 5.91 Å². The zero-order valence-electron chi connectivity index (χ0n) is 10.5. The average Bonchev–Trinajstić information content (AvgIpc) is 2.81. The van der Waals surface area contributed by atoms with Crippen LogP contribution in [-0.2, 0) is 0 Å². The number of hydrogen-bond donors (Lipinski definition) is 3. The summed E-state index contributed by atoms with van der Waals surface area (Å²) in [5, 5.41) is 3.37. The molecule has 0 aliphatic rings. The van der Waals surface area contributed by atoms with E-state index in [1.165, 1.54) is 0 Å². The maximum atomic E-state index is 12.2. The first-order valence-corrected chi connectivity index (χ1v) is 6.77. The highest BCUT2D eigenvalue weighted by atomic mass is 35.5. The number of aromatic nitrogens is 2. The predicted octanol–water partition coefficient (Wildman–Crippen LogP) is 3.42. The lowest BCUT2D eigenvalue weighted by atomic mass is 10.2. The summed E-state index contributed by atoms with van der Waals surface area (Å²) in [6.45, 7) is 0. The fraction of sp³-hybridized carbons (Fsp3) is 0. The fourth-order valence-corrected chi connectivity index (χ4v) is 2.47. The van der Waals surface area contributed by atoms with Crippen molar-refractivity contribution >= 4 is 45.8 Å². The van der Waals surface area contributed by atoms with Crippen molar-refractivity contribution in [3.05, 3.63) is 62.5 Å². The van der Waals surface area contributed by atoms with Crippen LogP contribution in [0.4, 0.5) is 5.69 Å². The van der Waals surface area contributed by atoms with E-state index in [4.69, 9.17) is 23.2 Å².